The Morgan fingerprint density at radius 1 is 0.244 bits per heavy atom. The minimum atomic E-state index is 0.873. The molecule has 0 spiro atoms. The van der Waals surface area contributed by atoms with Gasteiger partial charge >= 0.3 is 0 Å². The maximum absolute atomic E-state index is 7.24. The van der Waals surface area contributed by atoms with E-state index in [1.807, 2.05) is 0 Å². The summed E-state index contributed by atoms with van der Waals surface area (Å²) in [5.41, 5.74) is 19.8. The predicted molar refractivity (Wildman–Crippen MR) is 324 cm³/mol. The molecule has 0 aliphatic rings. The molecule has 0 amide bonds. The van der Waals surface area contributed by atoms with Gasteiger partial charge in [0.1, 0.15) is 22.3 Å². The summed E-state index contributed by atoms with van der Waals surface area (Å²) in [6, 6.07) is 84.6. The Labute approximate surface area is 441 Å². The highest BCUT2D eigenvalue weighted by molar-refractivity contribution is 6.42. The van der Waals surface area contributed by atoms with Crippen LogP contribution in [0.5, 0.6) is 0 Å². The number of nitrogens with zero attached hydrogens (tertiary/aromatic N) is 4. The SMILES string of the molecule is c1ccc(-n2c3ccccc3c3c4c5c6c(oc7ccccc76)c(-c6cccc(-n7c8ccccc8c8c9c%10ccccc%10n%10c%11ccc%12oc%13ccccc%13c%12c%11c(cc87)c9%10)c6)cc5n5c6ccccc6c(cc32)c45)cc1. The van der Waals surface area contributed by atoms with E-state index in [0.717, 1.165) is 82.9 Å². The fourth-order valence-corrected chi connectivity index (χ4v) is 14.9. The highest BCUT2D eigenvalue weighted by atomic mass is 16.3. The zero-order valence-electron chi connectivity index (χ0n) is 41.5. The van der Waals surface area contributed by atoms with E-state index in [1.54, 1.807) is 0 Å². The minimum Gasteiger partial charge on any atom is -0.456 e. The molecule has 20 aromatic rings. The fourth-order valence-electron chi connectivity index (χ4n) is 14.9. The highest BCUT2D eigenvalue weighted by Crippen LogP contribution is 2.53. The minimum absolute atomic E-state index is 0.873. The number of para-hydroxylation sites is 7. The summed E-state index contributed by atoms with van der Waals surface area (Å²) < 4.78 is 23.8. The molecule has 0 atom stereocenters. The Bertz CT molecular complexity index is 6060. The number of furan rings is 2. The van der Waals surface area contributed by atoms with E-state index in [9.17, 15) is 0 Å². The summed E-state index contributed by atoms with van der Waals surface area (Å²) in [5, 5.41) is 19.4. The normalized spacial score (nSPS) is 12.9. The molecule has 0 unspecified atom stereocenters. The van der Waals surface area contributed by atoms with Crippen molar-refractivity contribution in [2.75, 3.05) is 0 Å². The van der Waals surface area contributed by atoms with Gasteiger partial charge in [-0.1, -0.05) is 140 Å². The van der Waals surface area contributed by atoms with Crippen LogP contribution in [0.1, 0.15) is 0 Å². The van der Waals surface area contributed by atoms with Crippen LogP contribution in [0.4, 0.5) is 0 Å². The van der Waals surface area contributed by atoms with Gasteiger partial charge in [-0.3, -0.25) is 0 Å². The van der Waals surface area contributed by atoms with E-state index in [1.165, 1.54) is 103 Å². The van der Waals surface area contributed by atoms with Crippen LogP contribution in [0.25, 0.3) is 186 Å². The largest absolute Gasteiger partial charge is 0.456 e. The van der Waals surface area contributed by atoms with Crippen LogP contribution in [0.15, 0.2) is 239 Å². The number of rotatable bonds is 3. The maximum atomic E-state index is 7.24. The molecule has 0 N–H and O–H groups in total. The van der Waals surface area contributed by atoms with Crippen LogP contribution in [-0.4, -0.2) is 17.9 Å². The Morgan fingerprint density at radius 2 is 0.769 bits per heavy atom. The fraction of sp³-hybridized carbons (Fsp3) is 0. The number of aromatic nitrogens is 4. The Kier molecular flexibility index (Phi) is 7.06. The average molecular weight is 991 g/mol. The molecule has 0 saturated carbocycles. The lowest BCUT2D eigenvalue weighted by molar-refractivity contribution is 0.669. The Balaban J connectivity index is 0.926. The molecular weight excluding hydrogens is 953 g/mol. The van der Waals surface area contributed by atoms with Gasteiger partial charge in [0, 0.05) is 103 Å². The van der Waals surface area contributed by atoms with Crippen molar-refractivity contribution in [1.82, 2.24) is 17.9 Å². The van der Waals surface area contributed by atoms with Gasteiger partial charge < -0.3 is 26.8 Å². The quantitative estimate of drug-likeness (QED) is 0.177. The van der Waals surface area contributed by atoms with Gasteiger partial charge in [0.05, 0.1) is 55.2 Å². The smallest absolute Gasteiger partial charge is 0.144 e. The third-order valence-electron chi connectivity index (χ3n) is 17.7. The summed E-state index contributed by atoms with van der Waals surface area (Å²) in [6.45, 7) is 0. The van der Waals surface area contributed by atoms with Crippen molar-refractivity contribution in [3.05, 3.63) is 231 Å². The number of benzene rings is 12. The van der Waals surface area contributed by atoms with Gasteiger partial charge in [-0.2, -0.15) is 0 Å². The molecule has 358 valence electrons. The van der Waals surface area contributed by atoms with Crippen molar-refractivity contribution in [3.8, 4) is 22.5 Å². The predicted octanol–water partition coefficient (Wildman–Crippen LogP) is 19.6. The monoisotopic (exact) mass is 990 g/mol. The molecule has 6 nitrogen and oxygen atoms in total. The van der Waals surface area contributed by atoms with Gasteiger partial charge in [0.25, 0.3) is 0 Å². The maximum Gasteiger partial charge on any atom is 0.144 e. The lowest BCUT2D eigenvalue weighted by Crippen LogP contribution is -1.94. The van der Waals surface area contributed by atoms with E-state index in [4.69, 9.17) is 8.83 Å². The van der Waals surface area contributed by atoms with E-state index in [2.05, 4.69) is 248 Å². The Hall–Kier alpha value is -10.6. The van der Waals surface area contributed by atoms with Crippen LogP contribution in [0, 0.1) is 0 Å². The molecular formula is C72H38N4O2. The molecule has 78 heavy (non-hydrogen) atoms. The van der Waals surface area contributed by atoms with Crippen molar-refractivity contribution >= 4 is 164 Å². The molecule has 6 heteroatoms. The first-order chi connectivity index (χ1) is 38.7. The lowest BCUT2D eigenvalue weighted by atomic mass is 9.95. The second-order valence-corrected chi connectivity index (χ2v) is 21.4. The summed E-state index contributed by atoms with van der Waals surface area (Å²) in [5.74, 6) is 0. The first-order valence-electron chi connectivity index (χ1n) is 26.8. The van der Waals surface area contributed by atoms with Crippen LogP contribution in [0.3, 0.4) is 0 Å². The summed E-state index contributed by atoms with van der Waals surface area (Å²) in [7, 11) is 0. The second kappa shape index (κ2) is 13.8. The molecule has 0 aliphatic carbocycles. The topological polar surface area (TPSA) is 45.0 Å². The molecule has 0 fully saturated rings. The molecule has 8 aromatic heterocycles. The summed E-state index contributed by atoms with van der Waals surface area (Å²) in [6.07, 6.45) is 0. The third-order valence-corrected chi connectivity index (χ3v) is 17.7. The van der Waals surface area contributed by atoms with E-state index in [-0.39, 0.29) is 0 Å². The zero-order valence-corrected chi connectivity index (χ0v) is 41.5. The van der Waals surface area contributed by atoms with Gasteiger partial charge in [0.15, 0.2) is 0 Å². The molecule has 0 radical (unpaired) electrons. The van der Waals surface area contributed by atoms with Gasteiger partial charge in [-0.25, -0.2) is 0 Å². The van der Waals surface area contributed by atoms with Crippen molar-refractivity contribution < 1.29 is 8.83 Å². The number of hydrogen-bond donors (Lipinski definition) is 0. The first-order valence-corrected chi connectivity index (χ1v) is 26.8. The average Bonchev–Trinajstić information content (AvgIpc) is 4.57. The highest BCUT2D eigenvalue weighted by Gasteiger charge is 2.30. The van der Waals surface area contributed by atoms with Crippen LogP contribution < -0.4 is 0 Å². The van der Waals surface area contributed by atoms with Gasteiger partial charge in [-0.05, 0) is 96.6 Å². The van der Waals surface area contributed by atoms with Crippen LogP contribution in [-0.2, 0) is 0 Å². The molecule has 20 rings (SSSR count). The molecule has 12 aromatic carbocycles. The van der Waals surface area contributed by atoms with E-state index < -0.39 is 0 Å². The number of hydrogen-bond acceptors (Lipinski definition) is 2. The molecule has 0 aliphatic heterocycles. The van der Waals surface area contributed by atoms with E-state index in [0.29, 0.717) is 0 Å². The standard InChI is InChI=1S/C72H38N4O2/c1-2-18-40(19-3-1)73-52-28-11-6-23-44(52)63-56(73)37-49-42-21-4-10-27-51(42)76-58-36-48(72-67(68(58)69(63)70(49)76)47-26-9-15-32-60(47)78-72)39-17-16-20-41(35-39)74-53-29-12-5-22-43(53)62-57(74)38-50-64-55(75-54-30-13-7-24-45(54)66(62)71(50)75)33-34-61-65(64)46-25-8-14-31-59(46)77-61/h1-38H. The summed E-state index contributed by atoms with van der Waals surface area (Å²) in [4.78, 5) is 0. The van der Waals surface area contributed by atoms with E-state index >= 15 is 0 Å². The number of fused-ring (bicyclic) bond motifs is 28. The lowest BCUT2D eigenvalue weighted by Gasteiger charge is -2.12. The van der Waals surface area contributed by atoms with Crippen molar-refractivity contribution in [3.63, 3.8) is 0 Å². The van der Waals surface area contributed by atoms with Gasteiger partial charge in [-0.15, -0.1) is 0 Å². The summed E-state index contributed by atoms with van der Waals surface area (Å²) >= 11 is 0. The third kappa shape index (κ3) is 4.62. The second-order valence-electron chi connectivity index (χ2n) is 21.4. The zero-order chi connectivity index (χ0) is 50.2. The first kappa shape index (κ1) is 39.8. The molecule has 0 saturated heterocycles. The molecule has 0 bridgehead atoms. The Morgan fingerprint density at radius 3 is 1.51 bits per heavy atom. The van der Waals surface area contributed by atoms with Crippen molar-refractivity contribution in [1.29, 1.82) is 0 Å². The molecule has 8 heterocycles. The van der Waals surface area contributed by atoms with Crippen LogP contribution >= 0.6 is 0 Å². The van der Waals surface area contributed by atoms with Crippen LogP contribution in [0.2, 0.25) is 0 Å². The van der Waals surface area contributed by atoms with Gasteiger partial charge in [0.2, 0.25) is 0 Å². The van der Waals surface area contributed by atoms with Crippen molar-refractivity contribution in [2.24, 2.45) is 0 Å². The van der Waals surface area contributed by atoms with Crippen molar-refractivity contribution in [2.45, 2.75) is 0 Å².